The minimum atomic E-state index is -1.27. The van der Waals surface area contributed by atoms with Gasteiger partial charge in [0.05, 0.1) is 6.42 Å². The fraction of sp³-hybridized carbons (Fsp3) is 0.381. The quantitative estimate of drug-likeness (QED) is 0.136. The first-order valence-corrected chi connectivity index (χ1v) is 10.5. The number of para-hydroxylation sites is 1. The van der Waals surface area contributed by atoms with E-state index in [4.69, 9.17) is 15.7 Å². The molecule has 2 rings (SSSR count). The molecule has 0 saturated carbocycles. The molecule has 3 atom stereocenters. The van der Waals surface area contributed by atoms with Crippen molar-refractivity contribution < 1.29 is 34.2 Å². The first-order chi connectivity index (χ1) is 16.6. The van der Waals surface area contributed by atoms with Crippen LogP contribution in [0.15, 0.2) is 35.4 Å². The van der Waals surface area contributed by atoms with Crippen LogP contribution in [0.5, 0.6) is 0 Å². The van der Waals surface area contributed by atoms with Crippen LogP contribution < -0.4 is 16.0 Å². The molecule has 1 aromatic carbocycles. The van der Waals surface area contributed by atoms with Gasteiger partial charge >= 0.3 is 11.9 Å². The van der Waals surface area contributed by atoms with Crippen molar-refractivity contribution in [3.05, 3.63) is 46.5 Å². The molecule has 0 unspecified atom stereocenters. The summed E-state index contributed by atoms with van der Waals surface area (Å²) in [7, 11) is 0. The number of nitrogens with zero attached hydrogens (tertiary/aromatic N) is 3. The molecule has 2 aromatic rings. The molecule has 0 radical (unpaired) electrons. The topological polar surface area (TPSA) is 226 Å². The van der Waals surface area contributed by atoms with Gasteiger partial charge in [-0.1, -0.05) is 23.3 Å². The molecular weight excluding hydrogens is 462 g/mol. The van der Waals surface area contributed by atoms with Gasteiger partial charge in [0.15, 0.2) is 0 Å². The van der Waals surface area contributed by atoms with Gasteiger partial charge in [-0.05, 0) is 31.0 Å². The maximum absolute atomic E-state index is 12.8. The highest BCUT2D eigenvalue weighted by Gasteiger charge is 2.27. The van der Waals surface area contributed by atoms with Gasteiger partial charge in [-0.15, -0.1) is 0 Å². The molecule has 14 nitrogen and oxygen atoms in total. The van der Waals surface area contributed by atoms with Crippen LogP contribution in [-0.4, -0.2) is 69.5 Å². The summed E-state index contributed by atoms with van der Waals surface area (Å²) in [6.45, 7) is 1.02. The van der Waals surface area contributed by atoms with Crippen LogP contribution in [0.4, 0.5) is 0 Å². The number of hydrogen-bond donors (Lipinski definition) is 6. The number of hydrogen-bond acceptors (Lipinski definition) is 6. The number of carboxylic acids is 2. The summed E-state index contributed by atoms with van der Waals surface area (Å²) in [5.74, 6) is -4.60. The monoisotopic (exact) mass is 487 g/mol. The summed E-state index contributed by atoms with van der Waals surface area (Å²) < 4.78 is 0. The Bertz CT molecular complexity index is 1120. The molecule has 0 fully saturated rings. The Labute approximate surface area is 198 Å². The Balaban J connectivity index is 2.07. The van der Waals surface area contributed by atoms with Crippen molar-refractivity contribution in [2.75, 3.05) is 6.54 Å². The fourth-order valence-corrected chi connectivity index (χ4v) is 3.18. The Kier molecular flexibility index (Phi) is 9.60. The Morgan fingerprint density at radius 3 is 2.40 bits per heavy atom. The van der Waals surface area contributed by atoms with E-state index in [9.17, 15) is 24.0 Å². The molecule has 1 aromatic heterocycles. The van der Waals surface area contributed by atoms with Gasteiger partial charge in [0.2, 0.25) is 11.8 Å². The minimum absolute atomic E-state index is 0.166. The molecule has 3 amide bonds. The number of amides is 3. The number of benzene rings is 1. The van der Waals surface area contributed by atoms with Crippen LogP contribution in [-0.2, 0) is 19.2 Å². The van der Waals surface area contributed by atoms with Gasteiger partial charge in [-0.25, -0.2) is 0 Å². The average Bonchev–Trinajstić information content (AvgIpc) is 3.23. The zero-order valence-electron chi connectivity index (χ0n) is 18.7. The molecular formula is C21H25N7O7. The summed E-state index contributed by atoms with van der Waals surface area (Å²) in [5.41, 5.74) is 9.29. The lowest BCUT2D eigenvalue weighted by Crippen LogP contribution is -2.54. The normalized spacial score (nSPS) is 13.1. The zero-order valence-corrected chi connectivity index (χ0v) is 18.7. The number of H-pyrrole nitrogens is 1. The summed E-state index contributed by atoms with van der Waals surface area (Å²) in [5, 5.41) is 29.2. The average molecular weight is 487 g/mol. The van der Waals surface area contributed by atoms with E-state index in [-0.39, 0.29) is 18.7 Å². The molecule has 14 heteroatoms. The molecule has 0 aliphatic heterocycles. The molecule has 6 N–H and O–H groups in total. The minimum Gasteiger partial charge on any atom is -0.481 e. The van der Waals surface area contributed by atoms with Crippen LogP contribution in [0.1, 0.15) is 36.7 Å². The van der Waals surface area contributed by atoms with Gasteiger partial charge in [-0.3, -0.25) is 24.0 Å². The molecule has 0 aliphatic rings. The maximum atomic E-state index is 12.8. The fourth-order valence-electron chi connectivity index (χ4n) is 3.18. The number of fused-ring (bicyclic) bond motifs is 1. The first kappa shape index (κ1) is 26.7. The van der Waals surface area contributed by atoms with Crippen LogP contribution >= 0.6 is 0 Å². The first-order valence-electron chi connectivity index (χ1n) is 10.5. The Hall–Kier alpha value is -4.58. The van der Waals surface area contributed by atoms with E-state index in [0.717, 1.165) is 5.39 Å². The number of carbonyl (C=O) groups excluding carboxylic acids is 3. The molecule has 35 heavy (non-hydrogen) atoms. The van der Waals surface area contributed by atoms with Crippen molar-refractivity contribution in [1.82, 2.24) is 20.9 Å². The predicted molar refractivity (Wildman–Crippen MR) is 122 cm³/mol. The third-order valence-corrected chi connectivity index (χ3v) is 4.93. The van der Waals surface area contributed by atoms with Crippen molar-refractivity contribution >= 4 is 40.6 Å². The lowest BCUT2D eigenvalue weighted by molar-refractivity contribution is -0.139. The predicted octanol–water partition coefficient (Wildman–Crippen LogP) is 0.906. The van der Waals surface area contributed by atoms with Gasteiger partial charge in [0.1, 0.15) is 17.8 Å². The third kappa shape index (κ3) is 8.37. The number of aliphatic carboxylic acids is 2. The van der Waals surface area contributed by atoms with Crippen molar-refractivity contribution in [3.8, 4) is 0 Å². The summed E-state index contributed by atoms with van der Waals surface area (Å²) >= 11 is 0. The number of nitrogens with one attached hydrogen (secondary N) is 4. The largest absolute Gasteiger partial charge is 0.481 e. The van der Waals surface area contributed by atoms with E-state index >= 15 is 0 Å². The van der Waals surface area contributed by atoms with Crippen molar-refractivity contribution in [3.63, 3.8) is 0 Å². The number of aromatic amines is 1. The highest BCUT2D eigenvalue weighted by molar-refractivity contribution is 6.00. The Morgan fingerprint density at radius 1 is 1.06 bits per heavy atom. The van der Waals surface area contributed by atoms with Gasteiger partial charge < -0.3 is 31.1 Å². The summed E-state index contributed by atoms with van der Waals surface area (Å²) in [6, 6.07) is 5.28. The molecule has 0 saturated heterocycles. The van der Waals surface area contributed by atoms with E-state index in [0.29, 0.717) is 5.52 Å². The molecule has 186 valence electrons. The van der Waals surface area contributed by atoms with Gasteiger partial charge in [0, 0.05) is 34.8 Å². The third-order valence-electron chi connectivity index (χ3n) is 4.93. The highest BCUT2D eigenvalue weighted by atomic mass is 16.4. The molecule has 0 bridgehead atoms. The number of aromatic nitrogens is 1. The van der Waals surface area contributed by atoms with E-state index in [1.807, 2.05) is 0 Å². The zero-order chi connectivity index (χ0) is 26.0. The standard InChI is InChI=1S/C21H25N7O7/c1-11(19(33)25-13(9-18(31)32)10-23-28-22)24-20(34)15(6-7-17(29)30)27-21(35)16-8-12-4-2-3-5-14(12)26-16/h2-5,8,11,13,15,26H,6-7,9-10H2,1H3,(H,24,34)(H,25,33)(H,27,35)(H,29,30)(H,31,32)/t11-,13-,15-/m0/s1. The SMILES string of the molecule is C[C@H](NC(=O)[C@H](CCC(=O)O)NC(=O)c1cc2ccccc2[nH]1)C(=O)N[C@H](CN=[N+]=[N-])CC(=O)O. The van der Waals surface area contributed by atoms with Gasteiger partial charge in [-0.2, -0.15) is 0 Å². The molecule has 0 spiro atoms. The second-order valence-corrected chi connectivity index (χ2v) is 7.68. The van der Waals surface area contributed by atoms with E-state index in [1.54, 1.807) is 30.3 Å². The van der Waals surface area contributed by atoms with Crippen molar-refractivity contribution in [1.29, 1.82) is 0 Å². The van der Waals surface area contributed by atoms with Crippen LogP contribution in [0.3, 0.4) is 0 Å². The van der Waals surface area contributed by atoms with Crippen LogP contribution in [0.25, 0.3) is 21.3 Å². The lowest BCUT2D eigenvalue weighted by Gasteiger charge is -2.22. The number of carbonyl (C=O) groups is 5. The second-order valence-electron chi connectivity index (χ2n) is 7.68. The summed E-state index contributed by atoms with van der Waals surface area (Å²) in [4.78, 5) is 65.3. The van der Waals surface area contributed by atoms with Crippen molar-refractivity contribution in [2.45, 2.75) is 44.3 Å². The number of carboxylic acid groups (broad SMARTS) is 2. The summed E-state index contributed by atoms with van der Waals surface area (Å²) in [6.07, 6.45) is -1.16. The highest BCUT2D eigenvalue weighted by Crippen LogP contribution is 2.15. The smallest absolute Gasteiger partial charge is 0.305 e. The number of azide groups is 1. The van der Waals surface area contributed by atoms with E-state index < -0.39 is 60.6 Å². The lowest BCUT2D eigenvalue weighted by atomic mass is 10.1. The maximum Gasteiger partial charge on any atom is 0.305 e. The van der Waals surface area contributed by atoms with Gasteiger partial charge in [0.25, 0.3) is 5.91 Å². The van der Waals surface area contributed by atoms with Crippen molar-refractivity contribution in [2.24, 2.45) is 5.11 Å². The van der Waals surface area contributed by atoms with E-state index in [2.05, 4.69) is 31.0 Å². The number of rotatable bonds is 13. The van der Waals surface area contributed by atoms with Crippen LogP contribution in [0.2, 0.25) is 0 Å². The second kappa shape index (κ2) is 12.6. The van der Waals surface area contributed by atoms with E-state index in [1.165, 1.54) is 6.92 Å². The Morgan fingerprint density at radius 2 is 1.77 bits per heavy atom. The van der Waals surface area contributed by atoms with Crippen LogP contribution in [0, 0.1) is 0 Å². The molecule has 1 heterocycles. The molecule has 0 aliphatic carbocycles.